The number of H-pyrrole nitrogens is 1. The molecule has 0 radical (unpaired) electrons. The smallest absolute Gasteiger partial charge is 0.251 e. The fraction of sp³-hybridized carbons (Fsp3) is 0.160. The van der Waals surface area contributed by atoms with E-state index >= 15 is 0 Å². The third-order valence-electron chi connectivity index (χ3n) is 5.38. The van der Waals surface area contributed by atoms with E-state index in [1.807, 2.05) is 38.5 Å². The van der Waals surface area contributed by atoms with Crippen LogP contribution in [0, 0.1) is 5.82 Å². The Hall–Kier alpha value is -3.60. The number of halogens is 1. The highest BCUT2D eigenvalue weighted by molar-refractivity contribution is 5.94. The minimum absolute atomic E-state index is 0.0261. The maximum absolute atomic E-state index is 13.2. The van der Waals surface area contributed by atoms with Crippen molar-refractivity contribution in [1.29, 1.82) is 0 Å². The molecule has 0 aliphatic heterocycles. The van der Waals surface area contributed by atoms with Crippen molar-refractivity contribution in [3.8, 4) is 0 Å². The van der Waals surface area contributed by atoms with Crippen LogP contribution < -0.4 is 10.2 Å². The number of benzene rings is 3. The standard InChI is InChI=1S/C25H24FN3O/c1-29(2)20-13-9-17(10-14-20)22(23-16-27-24-6-4-3-5-21(23)24)15-28-25(30)18-7-11-19(26)12-8-18/h3-14,16,22,27H,15H2,1-2H3,(H,28,30)/t22-/m1/s1. The molecule has 0 unspecified atom stereocenters. The molecule has 4 rings (SSSR count). The molecule has 1 aromatic heterocycles. The molecule has 0 aliphatic rings. The summed E-state index contributed by atoms with van der Waals surface area (Å²) < 4.78 is 13.2. The molecule has 0 aliphatic carbocycles. The van der Waals surface area contributed by atoms with Crippen LogP contribution in [0.25, 0.3) is 10.9 Å². The Kier molecular flexibility index (Phi) is 5.53. The van der Waals surface area contributed by atoms with Gasteiger partial charge < -0.3 is 15.2 Å². The van der Waals surface area contributed by atoms with Crippen LogP contribution in [0.1, 0.15) is 27.4 Å². The van der Waals surface area contributed by atoms with Gasteiger partial charge in [-0.3, -0.25) is 4.79 Å². The Balaban J connectivity index is 1.65. The van der Waals surface area contributed by atoms with Crippen molar-refractivity contribution >= 4 is 22.5 Å². The van der Waals surface area contributed by atoms with Crippen molar-refractivity contribution in [2.45, 2.75) is 5.92 Å². The summed E-state index contributed by atoms with van der Waals surface area (Å²) in [5.41, 5.74) is 4.86. The average Bonchev–Trinajstić information content (AvgIpc) is 3.19. The molecule has 4 nitrogen and oxygen atoms in total. The average molecular weight is 401 g/mol. The number of anilines is 1. The normalized spacial score (nSPS) is 12.0. The van der Waals surface area contributed by atoms with Crippen LogP contribution in [0.2, 0.25) is 0 Å². The number of nitrogens with zero attached hydrogens (tertiary/aromatic N) is 1. The molecule has 0 saturated heterocycles. The second-order valence-corrected chi connectivity index (χ2v) is 7.55. The summed E-state index contributed by atoms with van der Waals surface area (Å²) in [7, 11) is 4.02. The predicted octanol–water partition coefficient (Wildman–Crippen LogP) is 4.93. The van der Waals surface area contributed by atoms with Crippen molar-refractivity contribution in [3.63, 3.8) is 0 Å². The van der Waals surface area contributed by atoms with Gasteiger partial charge in [-0.15, -0.1) is 0 Å². The zero-order valence-electron chi connectivity index (χ0n) is 17.0. The molecule has 2 N–H and O–H groups in total. The topological polar surface area (TPSA) is 48.1 Å². The molecule has 3 aromatic carbocycles. The number of hydrogen-bond donors (Lipinski definition) is 2. The van der Waals surface area contributed by atoms with E-state index in [4.69, 9.17) is 0 Å². The summed E-state index contributed by atoms with van der Waals surface area (Å²) >= 11 is 0. The molecule has 0 saturated carbocycles. The lowest BCUT2D eigenvalue weighted by Crippen LogP contribution is -2.29. The highest BCUT2D eigenvalue weighted by Gasteiger charge is 2.19. The lowest BCUT2D eigenvalue weighted by atomic mass is 9.90. The largest absolute Gasteiger partial charge is 0.378 e. The van der Waals surface area contributed by atoms with Gasteiger partial charge >= 0.3 is 0 Å². The number of fused-ring (bicyclic) bond motifs is 1. The predicted molar refractivity (Wildman–Crippen MR) is 120 cm³/mol. The summed E-state index contributed by atoms with van der Waals surface area (Å²) in [5.74, 6) is -0.601. The maximum atomic E-state index is 13.2. The molecule has 5 heteroatoms. The van der Waals surface area contributed by atoms with Gasteiger partial charge in [-0.25, -0.2) is 4.39 Å². The van der Waals surface area contributed by atoms with Gasteiger partial charge in [0.2, 0.25) is 0 Å². The first-order valence-electron chi connectivity index (χ1n) is 9.90. The fourth-order valence-corrected chi connectivity index (χ4v) is 3.69. The molecule has 1 heterocycles. The number of amides is 1. The first-order valence-corrected chi connectivity index (χ1v) is 9.90. The van der Waals surface area contributed by atoms with E-state index in [0.717, 1.165) is 27.7 Å². The number of hydrogen-bond acceptors (Lipinski definition) is 2. The van der Waals surface area contributed by atoms with Gasteiger partial charge in [-0.2, -0.15) is 0 Å². The van der Waals surface area contributed by atoms with Crippen LogP contribution in [0.4, 0.5) is 10.1 Å². The van der Waals surface area contributed by atoms with Crippen LogP contribution in [0.3, 0.4) is 0 Å². The first kappa shape index (κ1) is 19.7. The third-order valence-corrected chi connectivity index (χ3v) is 5.38. The van der Waals surface area contributed by atoms with Crippen molar-refractivity contribution in [2.75, 3.05) is 25.5 Å². The number of aromatic nitrogens is 1. The van der Waals surface area contributed by atoms with E-state index in [1.165, 1.54) is 24.3 Å². The third kappa shape index (κ3) is 4.06. The molecule has 0 bridgehead atoms. The monoisotopic (exact) mass is 401 g/mol. The van der Waals surface area contributed by atoms with E-state index in [0.29, 0.717) is 12.1 Å². The van der Waals surface area contributed by atoms with Gasteiger partial charge in [0.15, 0.2) is 0 Å². The van der Waals surface area contributed by atoms with Crippen molar-refractivity contribution in [2.24, 2.45) is 0 Å². The second kappa shape index (κ2) is 8.41. The Morgan fingerprint density at radius 1 is 1.00 bits per heavy atom. The van der Waals surface area contributed by atoms with E-state index in [1.54, 1.807) is 0 Å². The summed E-state index contributed by atoms with van der Waals surface area (Å²) in [6, 6.07) is 22.1. The minimum Gasteiger partial charge on any atom is -0.378 e. The summed E-state index contributed by atoms with van der Waals surface area (Å²) in [5, 5.41) is 4.16. The zero-order valence-corrected chi connectivity index (χ0v) is 17.0. The molecule has 0 fully saturated rings. The number of aromatic amines is 1. The molecule has 30 heavy (non-hydrogen) atoms. The van der Waals surface area contributed by atoms with E-state index in [9.17, 15) is 9.18 Å². The van der Waals surface area contributed by atoms with Gasteiger partial charge in [-0.1, -0.05) is 30.3 Å². The zero-order chi connectivity index (χ0) is 21.1. The first-order chi connectivity index (χ1) is 14.5. The number of para-hydroxylation sites is 1. The number of carbonyl (C=O) groups excluding carboxylic acids is 1. The second-order valence-electron chi connectivity index (χ2n) is 7.55. The number of rotatable bonds is 6. The Bertz CT molecular complexity index is 1150. The van der Waals surface area contributed by atoms with Crippen molar-refractivity contribution in [3.05, 3.63) is 102 Å². The van der Waals surface area contributed by atoms with Crippen LogP contribution in [-0.2, 0) is 0 Å². The van der Waals surface area contributed by atoms with E-state index in [-0.39, 0.29) is 17.6 Å². The molecular weight excluding hydrogens is 377 g/mol. The highest BCUT2D eigenvalue weighted by atomic mass is 19.1. The molecular formula is C25H24FN3O. The van der Waals surface area contributed by atoms with Crippen LogP contribution >= 0.6 is 0 Å². The Labute approximate surface area is 175 Å². The lowest BCUT2D eigenvalue weighted by molar-refractivity contribution is 0.0952. The fourth-order valence-electron chi connectivity index (χ4n) is 3.69. The van der Waals surface area contributed by atoms with Gasteiger partial charge in [0.05, 0.1) is 0 Å². The highest BCUT2D eigenvalue weighted by Crippen LogP contribution is 2.31. The van der Waals surface area contributed by atoms with E-state index in [2.05, 4.69) is 45.5 Å². The van der Waals surface area contributed by atoms with Crippen molar-refractivity contribution in [1.82, 2.24) is 10.3 Å². The Morgan fingerprint density at radius 3 is 2.40 bits per heavy atom. The van der Waals surface area contributed by atoms with Gasteiger partial charge in [0.25, 0.3) is 5.91 Å². The molecule has 4 aromatic rings. The van der Waals surface area contributed by atoms with Crippen LogP contribution in [0.5, 0.6) is 0 Å². The summed E-state index contributed by atoms with van der Waals surface area (Å²) in [6.45, 7) is 0.430. The van der Waals surface area contributed by atoms with Gasteiger partial charge in [0.1, 0.15) is 5.82 Å². The quantitative estimate of drug-likeness (QED) is 0.481. The van der Waals surface area contributed by atoms with Crippen LogP contribution in [-0.4, -0.2) is 31.5 Å². The Morgan fingerprint density at radius 2 is 1.70 bits per heavy atom. The van der Waals surface area contributed by atoms with Gasteiger partial charge in [-0.05, 0) is 53.6 Å². The molecule has 1 amide bonds. The van der Waals surface area contributed by atoms with Crippen LogP contribution in [0.15, 0.2) is 79.0 Å². The molecule has 152 valence electrons. The number of carbonyl (C=O) groups is 1. The maximum Gasteiger partial charge on any atom is 0.251 e. The number of nitrogens with one attached hydrogen (secondary N) is 2. The SMILES string of the molecule is CN(C)c1ccc([C@@H](CNC(=O)c2ccc(F)cc2)c2c[nH]c3ccccc23)cc1. The summed E-state index contributed by atoms with van der Waals surface area (Å²) in [4.78, 5) is 18.0. The van der Waals surface area contributed by atoms with E-state index < -0.39 is 0 Å². The van der Waals surface area contributed by atoms with Crippen molar-refractivity contribution < 1.29 is 9.18 Å². The lowest BCUT2D eigenvalue weighted by Gasteiger charge is -2.20. The molecule has 0 spiro atoms. The molecule has 1 atom stereocenters. The summed E-state index contributed by atoms with van der Waals surface area (Å²) in [6.07, 6.45) is 2.01. The minimum atomic E-state index is -0.357. The van der Waals surface area contributed by atoms with Gasteiger partial charge in [0, 0.05) is 54.9 Å².